The monoisotopic (exact) mass is 273 g/mol. The largest absolute Gasteiger partial charge is 0.465 e. The minimum atomic E-state index is 0.228. The highest BCUT2D eigenvalue weighted by molar-refractivity contribution is 5.19. The zero-order chi connectivity index (χ0) is 14.2. The van der Waals surface area contributed by atoms with Crippen LogP contribution in [0.4, 0.5) is 0 Å². The van der Waals surface area contributed by atoms with Crippen molar-refractivity contribution in [2.24, 2.45) is 0 Å². The van der Waals surface area contributed by atoms with Crippen molar-refractivity contribution in [3.63, 3.8) is 0 Å². The van der Waals surface area contributed by atoms with E-state index in [1.54, 1.807) is 0 Å². The van der Waals surface area contributed by atoms with Crippen LogP contribution in [0.15, 0.2) is 46.9 Å². The number of benzene rings is 1. The van der Waals surface area contributed by atoms with Gasteiger partial charge in [-0.05, 0) is 30.5 Å². The Bertz CT molecular complexity index is 493. The van der Waals surface area contributed by atoms with Gasteiger partial charge in [-0.25, -0.2) is 0 Å². The summed E-state index contributed by atoms with van der Waals surface area (Å²) in [6.07, 6.45) is 2.64. The first-order valence-electron chi connectivity index (χ1n) is 7.30. The molecule has 20 heavy (non-hydrogen) atoms. The van der Waals surface area contributed by atoms with E-state index < -0.39 is 0 Å². The third-order valence-corrected chi connectivity index (χ3v) is 3.44. The van der Waals surface area contributed by atoms with Crippen LogP contribution in [0.2, 0.25) is 0 Å². The van der Waals surface area contributed by atoms with Crippen molar-refractivity contribution in [1.82, 2.24) is 5.32 Å². The highest BCUT2D eigenvalue weighted by Crippen LogP contribution is 2.19. The quantitative estimate of drug-likeness (QED) is 0.774. The van der Waals surface area contributed by atoms with Crippen molar-refractivity contribution in [3.05, 3.63) is 59.5 Å². The molecule has 0 amide bonds. The summed E-state index contributed by atoms with van der Waals surface area (Å²) in [5.74, 6) is 1.99. The summed E-state index contributed by atoms with van der Waals surface area (Å²) >= 11 is 0. The second kappa shape index (κ2) is 7.88. The van der Waals surface area contributed by atoms with Crippen LogP contribution >= 0.6 is 0 Å². The van der Waals surface area contributed by atoms with Crippen LogP contribution < -0.4 is 5.32 Å². The van der Waals surface area contributed by atoms with E-state index in [1.807, 2.05) is 30.3 Å². The van der Waals surface area contributed by atoms with Gasteiger partial charge in [-0.3, -0.25) is 0 Å². The highest BCUT2D eigenvalue weighted by atomic mass is 16.3. The number of rotatable bonds is 8. The lowest BCUT2D eigenvalue weighted by Gasteiger charge is -2.18. The number of aliphatic hydroxyl groups excluding tert-OH is 1. The second-order valence-electron chi connectivity index (χ2n) is 4.93. The van der Waals surface area contributed by atoms with E-state index >= 15 is 0 Å². The zero-order valence-electron chi connectivity index (χ0n) is 12.0. The molecule has 0 bridgehead atoms. The molecule has 2 rings (SSSR count). The number of hydrogen-bond acceptors (Lipinski definition) is 3. The smallest absolute Gasteiger partial charge is 0.117 e. The van der Waals surface area contributed by atoms with Gasteiger partial charge < -0.3 is 14.8 Å². The maximum atomic E-state index is 9.04. The van der Waals surface area contributed by atoms with Crippen LogP contribution in [-0.4, -0.2) is 11.7 Å². The predicted octanol–water partition coefficient (Wildman–Crippen LogP) is 3.45. The molecule has 1 unspecified atom stereocenters. The van der Waals surface area contributed by atoms with E-state index in [0.717, 1.165) is 30.8 Å². The molecule has 0 aliphatic rings. The maximum absolute atomic E-state index is 9.04. The number of aliphatic hydroxyl groups is 1. The van der Waals surface area contributed by atoms with Gasteiger partial charge in [0.2, 0.25) is 0 Å². The van der Waals surface area contributed by atoms with Gasteiger partial charge in [0.05, 0.1) is 6.54 Å². The first-order valence-corrected chi connectivity index (χ1v) is 7.30. The Labute approximate surface area is 120 Å². The van der Waals surface area contributed by atoms with E-state index in [4.69, 9.17) is 9.52 Å². The van der Waals surface area contributed by atoms with Gasteiger partial charge in [0.25, 0.3) is 0 Å². The Morgan fingerprint density at radius 3 is 2.50 bits per heavy atom. The number of aryl methyl sites for hydroxylation is 1. The lowest BCUT2D eigenvalue weighted by Crippen LogP contribution is -2.21. The molecule has 0 aliphatic heterocycles. The van der Waals surface area contributed by atoms with E-state index in [-0.39, 0.29) is 12.6 Å². The molecule has 3 heteroatoms. The van der Waals surface area contributed by atoms with Crippen LogP contribution in [0.5, 0.6) is 0 Å². The number of furan rings is 1. The molecule has 0 fully saturated rings. The Morgan fingerprint density at radius 2 is 1.85 bits per heavy atom. The summed E-state index contributed by atoms with van der Waals surface area (Å²) in [4.78, 5) is 0. The second-order valence-corrected chi connectivity index (χ2v) is 4.93. The molecular formula is C17H23NO2. The molecule has 1 aromatic heterocycles. The number of hydrogen-bond donors (Lipinski definition) is 2. The molecule has 2 aromatic rings. The predicted molar refractivity (Wildman–Crippen MR) is 80.4 cm³/mol. The molecule has 3 nitrogen and oxygen atoms in total. The summed E-state index contributed by atoms with van der Waals surface area (Å²) in [6, 6.07) is 14.7. The topological polar surface area (TPSA) is 45.4 Å². The summed E-state index contributed by atoms with van der Waals surface area (Å²) in [5, 5.41) is 12.6. The molecule has 0 aliphatic carbocycles. The van der Waals surface area contributed by atoms with Crippen molar-refractivity contribution in [1.29, 1.82) is 0 Å². The lowest BCUT2D eigenvalue weighted by atomic mass is 10.0. The molecular weight excluding hydrogens is 250 g/mol. The van der Waals surface area contributed by atoms with Crippen molar-refractivity contribution in [3.8, 4) is 0 Å². The van der Waals surface area contributed by atoms with Crippen molar-refractivity contribution < 1.29 is 9.52 Å². The Morgan fingerprint density at radius 1 is 1.10 bits per heavy atom. The number of nitrogens with one attached hydrogen (secondary N) is 1. The fourth-order valence-electron chi connectivity index (χ4n) is 2.30. The van der Waals surface area contributed by atoms with Crippen molar-refractivity contribution in [2.75, 3.05) is 6.61 Å². The highest BCUT2D eigenvalue weighted by Gasteiger charge is 2.11. The summed E-state index contributed by atoms with van der Waals surface area (Å²) < 4.78 is 5.71. The van der Waals surface area contributed by atoms with Gasteiger partial charge in [0.1, 0.15) is 11.5 Å². The van der Waals surface area contributed by atoms with Crippen LogP contribution in [0.25, 0.3) is 0 Å². The van der Waals surface area contributed by atoms with Crippen LogP contribution in [-0.2, 0) is 13.0 Å². The van der Waals surface area contributed by atoms with Crippen LogP contribution in [0.1, 0.15) is 42.9 Å². The maximum Gasteiger partial charge on any atom is 0.117 e. The van der Waals surface area contributed by atoms with E-state index in [2.05, 4.69) is 24.4 Å². The SMILES string of the molecule is CCc1ccc(CNC(CCCO)c2ccccc2)o1. The minimum absolute atomic E-state index is 0.228. The first kappa shape index (κ1) is 14.8. The summed E-state index contributed by atoms with van der Waals surface area (Å²) in [5.41, 5.74) is 1.25. The van der Waals surface area contributed by atoms with Crippen LogP contribution in [0, 0.1) is 0 Å². The summed E-state index contributed by atoms with van der Waals surface area (Å²) in [7, 11) is 0. The van der Waals surface area contributed by atoms with Gasteiger partial charge in [-0.15, -0.1) is 0 Å². The van der Waals surface area contributed by atoms with Gasteiger partial charge in [0.15, 0.2) is 0 Å². The summed E-state index contributed by atoms with van der Waals surface area (Å²) in [6.45, 7) is 3.03. The molecule has 1 atom stereocenters. The molecule has 108 valence electrons. The van der Waals surface area contributed by atoms with Gasteiger partial charge in [-0.2, -0.15) is 0 Å². The Kier molecular flexibility index (Phi) is 5.84. The van der Waals surface area contributed by atoms with Crippen LogP contribution in [0.3, 0.4) is 0 Å². The molecule has 0 saturated heterocycles. The fraction of sp³-hybridized carbons (Fsp3) is 0.412. The molecule has 0 spiro atoms. The zero-order valence-corrected chi connectivity index (χ0v) is 12.0. The average molecular weight is 273 g/mol. The van der Waals surface area contributed by atoms with Gasteiger partial charge in [0, 0.05) is 19.1 Å². The molecule has 1 heterocycles. The third-order valence-electron chi connectivity index (χ3n) is 3.44. The third kappa shape index (κ3) is 4.22. The molecule has 0 saturated carbocycles. The van der Waals surface area contributed by atoms with Gasteiger partial charge in [-0.1, -0.05) is 37.3 Å². The Balaban J connectivity index is 1.97. The fourth-order valence-corrected chi connectivity index (χ4v) is 2.30. The van der Waals surface area contributed by atoms with Gasteiger partial charge >= 0.3 is 0 Å². The van der Waals surface area contributed by atoms with E-state index in [0.29, 0.717) is 6.54 Å². The minimum Gasteiger partial charge on any atom is -0.465 e. The standard InChI is InChI=1S/C17H23NO2/c1-2-15-10-11-16(20-15)13-18-17(9-6-12-19)14-7-4-3-5-8-14/h3-5,7-8,10-11,17-19H,2,6,9,12-13H2,1H3. The van der Waals surface area contributed by atoms with E-state index in [1.165, 1.54) is 5.56 Å². The normalized spacial score (nSPS) is 12.5. The average Bonchev–Trinajstić information content (AvgIpc) is 2.96. The lowest BCUT2D eigenvalue weighted by molar-refractivity contribution is 0.274. The molecule has 0 radical (unpaired) electrons. The molecule has 1 aromatic carbocycles. The first-order chi connectivity index (χ1) is 9.83. The molecule has 2 N–H and O–H groups in total. The van der Waals surface area contributed by atoms with E-state index in [9.17, 15) is 0 Å². The van der Waals surface area contributed by atoms with Crippen molar-refractivity contribution in [2.45, 2.75) is 38.8 Å². The Hall–Kier alpha value is -1.58. The van der Waals surface area contributed by atoms with Crippen molar-refractivity contribution >= 4 is 0 Å².